The zero-order valence-corrected chi connectivity index (χ0v) is 9.98. The number of carbonyl (C=O) groups excluding carboxylic acids is 2. The third-order valence-corrected chi connectivity index (χ3v) is 4.80. The van der Waals surface area contributed by atoms with Crippen molar-refractivity contribution in [2.45, 2.75) is 12.2 Å². The lowest BCUT2D eigenvalue weighted by atomic mass is 10.1. The van der Waals surface area contributed by atoms with Crippen LogP contribution in [0.2, 0.25) is 0 Å². The fourth-order valence-electron chi connectivity index (χ4n) is 1.73. The summed E-state index contributed by atoms with van der Waals surface area (Å²) in [6.07, 6.45) is 0. The second kappa shape index (κ2) is 3.96. The maximum Gasteiger partial charge on any atom is 0.249 e. The number of benzene rings is 1. The Morgan fingerprint density at radius 3 is 2.29 bits per heavy atom. The number of amides is 1. The summed E-state index contributed by atoms with van der Waals surface area (Å²) in [5.74, 6) is -1.01. The van der Waals surface area contributed by atoms with E-state index < -0.39 is 27.0 Å². The van der Waals surface area contributed by atoms with E-state index in [-0.39, 0.29) is 6.54 Å². The summed E-state index contributed by atoms with van der Waals surface area (Å²) in [5.41, 5.74) is 0.351. The minimum Gasteiger partial charge on any atom is -0.293 e. The van der Waals surface area contributed by atoms with Gasteiger partial charge >= 0.3 is 0 Å². The van der Waals surface area contributed by atoms with E-state index in [0.717, 1.165) is 4.31 Å². The number of rotatable bonds is 2. The molecule has 1 heterocycles. The Balaban J connectivity index is 2.24. The van der Waals surface area contributed by atoms with E-state index in [0.29, 0.717) is 5.56 Å². The quantitative estimate of drug-likeness (QED) is 0.716. The molecule has 1 saturated heterocycles. The molecule has 0 aromatic heterocycles. The van der Waals surface area contributed by atoms with Crippen molar-refractivity contribution in [3.8, 4) is 0 Å². The molecule has 0 bridgehead atoms. The van der Waals surface area contributed by atoms with Gasteiger partial charge in [0.2, 0.25) is 15.9 Å². The topological polar surface area (TPSA) is 71.5 Å². The molecule has 1 aliphatic rings. The molecular formula is C11H11NO4S. The van der Waals surface area contributed by atoms with Gasteiger partial charge in [-0.05, 0) is 0 Å². The monoisotopic (exact) mass is 253 g/mol. The Kier molecular flexibility index (Phi) is 2.74. The molecule has 17 heavy (non-hydrogen) atoms. The second-order valence-corrected chi connectivity index (χ2v) is 5.85. The first-order chi connectivity index (χ1) is 7.94. The molecule has 0 unspecified atom stereocenters. The SMILES string of the molecule is CC(=O)N1C[C@H](C(=O)c2ccccc2)S1(=O)=O. The molecule has 2 rings (SSSR count). The molecule has 1 fully saturated rings. The molecule has 1 aromatic rings. The smallest absolute Gasteiger partial charge is 0.249 e. The lowest BCUT2D eigenvalue weighted by molar-refractivity contribution is -0.124. The predicted molar refractivity (Wildman–Crippen MR) is 60.9 cm³/mol. The van der Waals surface area contributed by atoms with Crippen LogP contribution in [0.5, 0.6) is 0 Å². The Labute approximate surface area is 99.1 Å². The normalized spacial score (nSPS) is 21.7. The summed E-state index contributed by atoms with van der Waals surface area (Å²) in [7, 11) is -3.78. The molecule has 1 aromatic carbocycles. The van der Waals surface area contributed by atoms with Crippen LogP contribution in [0.1, 0.15) is 17.3 Å². The molecule has 1 atom stereocenters. The van der Waals surface area contributed by atoms with Gasteiger partial charge in [-0.25, -0.2) is 12.7 Å². The fourth-order valence-corrected chi connectivity index (χ4v) is 3.24. The largest absolute Gasteiger partial charge is 0.293 e. The summed E-state index contributed by atoms with van der Waals surface area (Å²) in [4.78, 5) is 22.9. The van der Waals surface area contributed by atoms with Crippen LogP contribution in [0.3, 0.4) is 0 Å². The average molecular weight is 253 g/mol. The second-order valence-electron chi connectivity index (χ2n) is 3.81. The highest BCUT2D eigenvalue weighted by molar-refractivity contribution is 7.92. The Hall–Kier alpha value is -1.69. The van der Waals surface area contributed by atoms with Gasteiger partial charge in [0.15, 0.2) is 11.0 Å². The van der Waals surface area contributed by atoms with E-state index in [2.05, 4.69) is 0 Å². The maximum absolute atomic E-state index is 11.9. The predicted octanol–water partition coefficient (Wildman–Crippen LogP) is 0.430. The summed E-state index contributed by atoms with van der Waals surface area (Å²) in [6.45, 7) is 1.12. The van der Waals surface area contributed by atoms with Crippen molar-refractivity contribution in [2.75, 3.05) is 6.54 Å². The van der Waals surface area contributed by atoms with Crippen LogP contribution in [0.15, 0.2) is 30.3 Å². The zero-order chi connectivity index (χ0) is 12.6. The highest BCUT2D eigenvalue weighted by Crippen LogP contribution is 2.25. The lowest BCUT2D eigenvalue weighted by Crippen LogP contribution is -2.60. The zero-order valence-electron chi connectivity index (χ0n) is 9.16. The molecule has 0 aliphatic carbocycles. The Morgan fingerprint density at radius 1 is 1.24 bits per heavy atom. The van der Waals surface area contributed by atoms with Crippen LogP contribution in [0.25, 0.3) is 0 Å². The van der Waals surface area contributed by atoms with Gasteiger partial charge in [0, 0.05) is 12.5 Å². The van der Waals surface area contributed by atoms with Crippen LogP contribution in [-0.2, 0) is 14.8 Å². The van der Waals surface area contributed by atoms with Crippen molar-refractivity contribution in [2.24, 2.45) is 0 Å². The molecule has 1 aliphatic heterocycles. The molecule has 90 valence electrons. The Morgan fingerprint density at radius 2 is 1.82 bits per heavy atom. The minimum atomic E-state index is -3.78. The van der Waals surface area contributed by atoms with E-state index >= 15 is 0 Å². The number of ketones is 1. The van der Waals surface area contributed by atoms with Crippen molar-refractivity contribution < 1.29 is 18.0 Å². The summed E-state index contributed by atoms with van der Waals surface area (Å²) in [6, 6.07) is 8.21. The van der Waals surface area contributed by atoms with Gasteiger partial charge in [-0.2, -0.15) is 0 Å². The first kappa shape index (κ1) is 11.8. The first-order valence-corrected chi connectivity index (χ1v) is 6.56. The number of hydrogen-bond acceptors (Lipinski definition) is 4. The van der Waals surface area contributed by atoms with Crippen LogP contribution < -0.4 is 0 Å². The minimum absolute atomic E-state index is 0.0502. The van der Waals surface area contributed by atoms with Crippen LogP contribution >= 0.6 is 0 Å². The lowest BCUT2D eigenvalue weighted by Gasteiger charge is -2.36. The number of Topliss-reactive ketones (excluding diaryl/α,β-unsaturated/α-hetero) is 1. The van der Waals surface area contributed by atoms with Crippen LogP contribution in [-0.4, -0.2) is 36.2 Å². The highest BCUT2D eigenvalue weighted by atomic mass is 32.2. The summed E-state index contributed by atoms with van der Waals surface area (Å²) < 4.78 is 24.1. The molecule has 1 amide bonds. The first-order valence-electron chi connectivity index (χ1n) is 5.06. The van der Waals surface area contributed by atoms with Gasteiger partial charge in [0.05, 0.1) is 6.54 Å². The summed E-state index contributed by atoms with van der Waals surface area (Å²) >= 11 is 0. The van der Waals surface area contributed by atoms with Crippen molar-refractivity contribution in [1.82, 2.24) is 4.31 Å². The molecule has 0 saturated carbocycles. The van der Waals surface area contributed by atoms with Gasteiger partial charge in [0.1, 0.15) is 0 Å². The van der Waals surface area contributed by atoms with Gasteiger partial charge in [-0.3, -0.25) is 9.59 Å². The Bertz CT molecular complexity index is 564. The van der Waals surface area contributed by atoms with Crippen LogP contribution in [0, 0.1) is 0 Å². The van der Waals surface area contributed by atoms with Crippen molar-refractivity contribution >= 4 is 21.7 Å². The van der Waals surface area contributed by atoms with E-state index in [1.807, 2.05) is 0 Å². The standard InChI is InChI=1S/C11H11NO4S/c1-8(13)12-7-10(17(12,15)16)11(14)9-5-3-2-4-6-9/h2-6,10H,7H2,1H3/t10-/m1/s1. The van der Waals surface area contributed by atoms with E-state index in [4.69, 9.17) is 0 Å². The number of sulfonamides is 1. The van der Waals surface area contributed by atoms with Gasteiger partial charge < -0.3 is 0 Å². The van der Waals surface area contributed by atoms with E-state index in [1.54, 1.807) is 30.3 Å². The number of nitrogens with zero attached hydrogens (tertiary/aromatic N) is 1. The number of carbonyl (C=O) groups is 2. The van der Waals surface area contributed by atoms with Crippen molar-refractivity contribution in [3.05, 3.63) is 35.9 Å². The van der Waals surface area contributed by atoms with E-state index in [1.165, 1.54) is 6.92 Å². The molecule has 5 nitrogen and oxygen atoms in total. The summed E-state index contributed by atoms with van der Waals surface area (Å²) in [5, 5.41) is -1.12. The molecule has 0 N–H and O–H groups in total. The number of hydrogen-bond donors (Lipinski definition) is 0. The van der Waals surface area contributed by atoms with Gasteiger partial charge in [-0.15, -0.1) is 0 Å². The third kappa shape index (κ3) is 1.84. The average Bonchev–Trinajstić information content (AvgIpc) is 2.28. The van der Waals surface area contributed by atoms with E-state index in [9.17, 15) is 18.0 Å². The fraction of sp³-hybridized carbons (Fsp3) is 0.273. The highest BCUT2D eigenvalue weighted by Gasteiger charge is 2.50. The van der Waals surface area contributed by atoms with Gasteiger partial charge in [0.25, 0.3) is 0 Å². The third-order valence-electron chi connectivity index (χ3n) is 2.70. The maximum atomic E-state index is 11.9. The van der Waals surface area contributed by atoms with Gasteiger partial charge in [-0.1, -0.05) is 30.3 Å². The molecule has 0 spiro atoms. The molecule has 0 radical (unpaired) electrons. The van der Waals surface area contributed by atoms with Crippen LogP contribution in [0.4, 0.5) is 0 Å². The van der Waals surface area contributed by atoms with Crippen molar-refractivity contribution in [3.63, 3.8) is 0 Å². The molecule has 6 heteroatoms. The van der Waals surface area contributed by atoms with Crippen molar-refractivity contribution in [1.29, 1.82) is 0 Å². The molecular weight excluding hydrogens is 242 g/mol.